The smallest absolute Gasteiger partial charge is 0.249 e. The van der Waals surface area contributed by atoms with Crippen molar-refractivity contribution in [1.29, 1.82) is 0 Å². The molecule has 3 N–H and O–H groups in total. The van der Waals surface area contributed by atoms with Gasteiger partial charge in [-0.15, -0.1) is 0 Å². The average Bonchev–Trinajstić information content (AvgIpc) is 2.48. The molecule has 1 amide bonds. The molecule has 0 saturated carbocycles. The van der Waals surface area contributed by atoms with Gasteiger partial charge in [0.1, 0.15) is 11.6 Å². The van der Waals surface area contributed by atoms with E-state index >= 15 is 0 Å². The number of nitrogens with one attached hydrogen (secondary N) is 1. The van der Waals surface area contributed by atoms with E-state index in [0.717, 1.165) is 11.3 Å². The number of anilines is 2. The lowest BCUT2D eigenvalue weighted by Crippen LogP contribution is -2.09. The predicted octanol–water partition coefficient (Wildman–Crippen LogP) is 2.32. The molecular formula is C15H15N3O2. The van der Waals surface area contributed by atoms with Crippen LogP contribution < -0.4 is 15.8 Å². The number of aromatic nitrogens is 1. The number of benzene rings is 1. The molecule has 20 heavy (non-hydrogen) atoms. The van der Waals surface area contributed by atoms with E-state index in [1.165, 1.54) is 12.3 Å². The maximum absolute atomic E-state index is 11.7. The Labute approximate surface area is 117 Å². The van der Waals surface area contributed by atoms with E-state index < -0.39 is 0 Å². The van der Waals surface area contributed by atoms with Gasteiger partial charge in [0.15, 0.2) is 0 Å². The topological polar surface area (TPSA) is 77.2 Å². The maximum atomic E-state index is 11.7. The van der Waals surface area contributed by atoms with Crippen molar-refractivity contribution in [2.24, 2.45) is 0 Å². The number of carbonyl (C=O) groups is 1. The van der Waals surface area contributed by atoms with Gasteiger partial charge in [0.05, 0.1) is 19.0 Å². The molecule has 102 valence electrons. The predicted molar refractivity (Wildman–Crippen MR) is 79.3 cm³/mol. The molecule has 0 fully saturated rings. The zero-order valence-corrected chi connectivity index (χ0v) is 11.0. The van der Waals surface area contributed by atoms with Crippen molar-refractivity contribution in [2.45, 2.75) is 0 Å². The summed E-state index contributed by atoms with van der Waals surface area (Å²) in [5, 5.41) is 2.64. The van der Waals surface area contributed by atoms with Gasteiger partial charge in [-0.1, -0.05) is 12.1 Å². The molecule has 0 aliphatic heterocycles. The second kappa shape index (κ2) is 6.38. The summed E-state index contributed by atoms with van der Waals surface area (Å²) in [6.45, 7) is 0. The summed E-state index contributed by atoms with van der Waals surface area (Å²) in [5.41, 5.74) is 6.95. The number of hydrogen-bond donors (Lipinski definition) is 2. The first-order valence-corrected chi connectivity index (χ1v) is 6.02. The Bertz CT molecular complexity index is 621. The van der Waals surface area contributed by atoms with E-state index in [4.69, 9.17) is 10.5 Å². The van der Waals surface area contributed by atoms with Crippen LogP contribution in [0.15, 0.2) is 48.7 Å². The molecule has 0 unspecified atom stereocenters. The van der Waals surface area contributed by atoms with Crippen LogP contribution in [0.25, 0.3) is 6.08 Å². The fourth-order valence-corrected chi connectivity index (χ4v) is 1.56. The van der Waals surface area contributed by atoms with Crippen LogP contribution in [0, 0.1) is 0 Å². The van der Waals surface area contributed by atoms with Gasteiger partial charge in [-0.2, -0.15) is 0 Å². The molecule has 0 bridgehead atoms. The number of ether oxygens (including phenoxy) is 1. The minimum Gasteiger partial charge on any atom is -0.497 e. The molecule has 0 atom stereocenters. The van der Waals surface area contributed by atoms with Crippen LogP contribution >= 0.6 is 0 Å². The fraction of sp³-hybridized carbons (Fsp3) is 0.0667. The largest absolute Gasteiger partial charge is 0.497 e. The summed E-state index contributed by atoms with van der Waals surface area (Å²) in [4.78, 5) is 15.7. The molecule has 0 spiro atoms. The Kier molecular flexibility index (Phi) is 4.34. The minimum atomic E-state index is -0.259. The second-order valence-electron chi connectivity index (χ2n) is 4.08. The summed E-state index contributed by atoms with van der Waals surface area (Å²) >= 11 is 0. The Morgan fingerprint density at radius 3 is 2.90 bits per heavy atom. The SMILES string of the molecule is COc1cccc(/C=C/C(=O)Nc2ccc(N)cn2)c1. The molecule has 0 radical (unpaired) electrons. The summed E-state index contributed by atoms with van der Waals surface area (Å²) in [6.07, 6.45) is 4.63. The number of hydrogen-bond acceptors (Lipinski definition) is 4. The zero-order chi connectivity index (χ0) is 14.4. The molecule has 5 heteroatoms. The van der Waals surface area contributed by atoms with Crippen LogP contribution in [0.3, 0.4) is 0 Å². The Balaban J connectivity index is 1.99. The van der Waals surface area contributed by atoms with Crippen LogP contribution in [0.4, 0.5) is 11.5 Å². The van der Waals surface area contributed by atoms with Gasteiger partial charge < -0.3 is 15.8 Å². The normalized spacial score (nSPS) is 10.4. The Hall–Kier alpha value is -2.82. The number of rotatable bonds is 4. The monoisotopic (exact) mass is 269 g/mol. The number of pyridine rings is 1. The Morgan fingerprint density at radius 1 is 1.35 bits per heavy atom. The molecule has 5 nitrogen and oxygen atoms in total. The summed E-state index contributed by atoms with van der Waals surface area (Å²) < 4.78 is 5.11. The third kappa shape index (κ3) is 3.84. The lowest BCUT2D eigenvalue weighted by Gasteiger charge is -2.02. The van der Waals surface area contributed by atoms with Crippen molar-refractivity contribution in [1.82, 2.24) is 4.98 Å². The Morgan fingerprint density at radius 2 is 2.20 bits per heavy atom. The third-order valence-corrected chi connectivity index (χ3v) is 2.56. The molecule has 0 aliphatic rings. The summed E-state index contributed by atoms with van der Waals surface area (Å²) in [5.74, 6) is 0.942. The van der Waals surface area contributed by atoms with Gasteiger partial charge in [-0.05, 0) is 35.9 Å². The molecule has 1 aromatic heterocycles. The number of amides is 1. The molecular weight excluding hydrogens is 254 g/mol. The second-order valence-corrected chi connectivity index (χ2v) is 4.08. The van der Waals surface area contributed by atoms with Crippen LogP contribution in [0.2, 0.25) is 0 Å². The molecule has 2 aromatic rings. The molecule has 2 rings (SSSR count). The van der Waals surface area contributed by atoms with Crippen LogP contribution in [0.5, 0.6) is 5.75 Å². The van der Waals surface area contributed by atoms with Crippen LogP contribution in [-0.2, 0) is 4.79 Å². The first-order valence-electron chi connectivity index (χ1n) is 6.02. The van der Waals surface area contributed by atoms with E-state index in [1.54, 1.807) is 25.3 Å². The van der Waals surface area contributed by atoms with Crippen LogP contribution in [0.1, 0.15) is 5.56 Å². The molecule has 1 heterocycles. The number of carbonyl (C=O) groups excluding carboxylic acids is 1. The maximum Gasteiger partial charge on any atom is 0.249 e. The number of methoxy groups -OCH3 is 1. The third-order valence-electron chi connectivity index (χ3n) is 2.56. The van der Waals surface area contributed by atoms with Crippen LogP contribution in [-0.4, -0.2) is 18.0 Å². The average molecular weight is 269 g/mol. The first kappa shape index (κ1) is 13.6. The highest BCUT2D eigenvalue weighted by molar-refractivity contribution is 6.01. The standard InChI is InChI=1S/C15H15N3O2/c1-20-13-4-2-3-11(9-13)5-8-15(19)18-14-7-6-12(16)10-17-14/h2-10H,16H2,1H3,(H,17,18,19)/b8-5+. The highest BCUT2D eigenvalue weighted by Crippen LogP contribution is 2.13. The lowest BCUT2D eigenvalue weighted by molar-refractivity contribution is -0.111. The van der Waals surface area contributed by atoms with Gasteiger partial charge in [-0.25, -0.2) is 4.98 Å². The van der Waals surface area contributed by atoms with Gasteiger partial charge in [0.25, 0.3) is 0 Å². The van der Waals surface area contributed by atoms with Gasteiger partial charge in [0.2, 0.25) is 5.91 Å². The summed E-state index contributed by atoms with van der Waals surface area (Å²) in [6, 6.07) is 10.7. The van der Waals surface area contributed by atoms with Crippen molar-refractivity contribution in [3.05, 3.63) is 54.2 Å². The fourth-order valence-electron chi connectivity index (χ4n) is 1.56. The lowest BCUT2D eigenvalue weighted by atomic mass is 10.2. The van der Waals surface area contributed by atoms with Gasteiger partial charge >= 0.3 is 0 Å². The van der Waals surface area contributed by atoms with Crippen molar-refractivity contribution in [3.63, 3.8) is 0 Å². The minimum absolute atomic E-state index is 0.259. The van der Waals surface area contributed by atoms with Crippen molar-refractivity contribution in [3.8, 4) is 5.75 Å². The van der Waals surface area contributed by atoms with E-state index in [1.807, 2.05) is 24.3 Å². The van der Waals surface area contributed by atoms with E-state index in [9.17, 15) is 4.79 Å². The molecule has 0 aliphatic carbocycles. The van der Waals surface area contributed by atoms with E-state index in [0.29, 0.717) is 11.5 Å². The number of nitrogen functional groups attached to an aromatic ring is 1. The summed E-state index contributed by atoms with van der Waals surface area (Å²) in [7, 11) is 1.60. The van der Waals surface area contributed by atoms with Crippen molar-refractivity contribution >= 4 is 23.5 Å². The van der Waals surface area contributed by atoms with E-state index in [2.05, 4.69) is 10.3 Å². The van der Waals surface area contributed by atoms with Gasteiger partial charge in [0, 0.05) is 6.08 Å². The highest BCUT2D eigenvalue weighted by atomic mass is 16.5. The van der Waals surface area contributed by atoms with E-state index in [-0.39, 0.29) is 5.91 Å². The first-order chi connectivity index (χ1) is 9.67. The van der Waals surface area contributed by atoms with Gasteiger partial charge in [-0.3, -0.25) is 4.79 Å². The number of nitrogens with two attached hydrogens (primary N) is 1. The number of nitrogens with zero attached hydrogens (tertiary/aromatic N) is 1. The van der Waals surface area contributed by atoms with Crippen molar-refractivity contribution < 1.29 is 9.53 Å². The highest BCUT2D eigenvalue weighted by Gasteiger charge is 1.99. The van der Waals surface area contributed by atoms with Crippen molar-refractivity contribution in [2.75, 3.05) is 18.2 Å². The zero-order valence-electron chi connectivity index (χ0n) is 11.0. The quantitative estimate of drug-likeness (QED) is 0.835. The molecule has 0 saturated heterocycles. The molecule has 1 aromatic carbocycles.